The normalized spacial score (nSPS) is 15.3. The summed E-state index contributed by atoms with van der Waals surface area (Å²) in [5.74, 6) is -0.289. The third kappa shape index (κ3) is 3.06. The minimum absolute atomic E-state index is 0.160. The van der Waals surface area contributed by atoms with Gasteiger partial charge in [0.2, 0.25) is 5.91 Å². The summed E-state index contributed by atoms with van der Waals surface area (Å²) in [7, 11) is 1.64. The van der Waals surface area contributed by atoms with Crippen LogP contribution in [0.4, 0.5) is 4.79 Å². The minimum atomic E-state index is -0.537. The van der Waals surface area contributed by atoms with Gasteiger partial charge in [-0.25, -0.2) is 9.78 Å². The van der Waals surface area contributed by atoms with Crippen LogP contribution in [0.15, 0.2) is 46.3 Å². The van der Waals surface area contributed by atoms with E-state index in [1.807, 2.05) is 36.4 Å². The molecule has 0 aliphatic carbocycles. The molecule has 1 atom stereocenters. The molecule has 0 unspecified atom stereocenters. The summed E-state index contributed by atoms with van der Waals surface area (Å²) in [6, 6.07) is 11.1. The van der Waals surface area contributed by atoms with E-state index in [-0.39, 0.29) is 17.5 Å². The first kappa shape index (κ1) is 17.5. The number of imide groups is 1. The van der Waals surface area contributed by atoms with Crippen molar-refractivity contribution in [2.24, 2.45) is 7.05 Å². The predicted octanol–water partition coefficient (Wildman–Crippen LogP) is 2.12. The number of amides is 3. The maximum Gasteiger partial charge on any atom is 0.324 e. The van der Waals surface area contributed by atoms with E-state index >= 15 is 0 Å². The maximum absolute atomic E-state index is 12.8. The molecule has 3 aromatic rings. The van der Waals surface area contributed by atoms with Crippen LogP contribution in [0.3, 0.4) is 0 Å². The first-order chi connectivity index (χ1) is 13.0. The number of hydrogen-bond donors (Lipinski definition) is 1. The van der Waals surface area contributed by atoms with Crippen molar-refractivity contribution in [1.29, 1.82) is 0 Å². The molecule has 1 aliphatic heterocycles. The van der Waals surface area contributed by atoms with Gasteiger partial charge in [-0.1, -0.05) is 36.0 Å². The third-order valence-corrected chi connectivity index (χ3v) is 5.79. The quantitative estimate of drug-likeness (QED) is 0.426. The highest BCUT2D eigenvalue weighted by Gasteiger charge is 2.30. The summed E-state index contributed by atoms with van der Waals surface area (Å²) < 4.78 is 1.45. The number of carbonyl (C=O) groups is 2. The number of aromatic nitrogens is 2. The molecule has 1 aliphatic rings. The van der Waals surface area contributed by atoms with Crippen molar-refractivity contribution < 1.29 is 9.59 Å². The number of nitrogens with one attached hydrogen (secondary N) is 1. The van der Waals surface area contributed by atoms with Crippen LogP contribution < -0.4 is 10.9 Å². The topological polar surface area (TPSA) is 84.3 Å². The minimum Gasteiger partial charge on any atom is -0.336 e. The zero-order chi connectivity index (χ0) is 19.1. The Labute approximate surface area is 159 Å². The fourth-order valence-corrected chi connectivity index (χ4v) is 4.09. The zero-order valence-corrected chi connectivity index (χ0v) is 15.7. The number of hydrogen-bond acceptors (Lipinski definition) is 5. The van der Waals surface area contributed by atoms with Crippen LogP contribution in [0.25, 0.3) is 21.7 Å². The van der Waals surface area contributed by atoms with E-state index in [1.54, 1.807) is 14.0 Å². The fraction of sp³-hybridized carbons (Fsp3) is 0.263. The number of nitrogens with zero attached hydrogens (tertiary/aromatic N) is 3. The molecule has 7 nitrogen and oxygen atoms in total. The standard InChI is InChI=1S/C19H18N4O3S/c1-11(16(24)23-8-7-20-18(23)26)27-19-21-15-10-13-6-4-3-5-12(13)9-14(15)17(25)22(19)2/h3-6,9-11H,7-8H2,1-2H3,(H,20,26)/t11-/m1/s1. The van der Waals surface area contributed by atoms with Crippen molar-refractivity contribution in [2.75, 3.05) is 13.1 Å². The summed E-state index contributed by atoms with van der Waals surface area (Å²) >= 11 is 1.18. The molecule has 27 heavy (non-hydrogen) atoms. The van der Waals surface area contributed by atoms with Crippen LogP contribution in [0.5, 0.6) is 0 Å². The van der Waals surface area contributed by atoms with E-state index in [0.29, 0.717) is 29.1 Å². The molecule has 0 radical (unpaired) electrons. The molecule has 0 saturated carbocycles. The molecule has 0 bridgehead atoms. The van der Waals surface area contributed by atoms with E-state index in [1.165, 1.54) is 21.2 Å². The first-order valence-corrected chi connectivity index (χ1v) is 9.49. The second-order valence-corrected chi connectivity index (χ2v) is 7.76. The van der Waals surface area contributed by atoms with E-state index < -0.39 is 5.25 Å². The van der Waals surface area contributed by atoms with Gasteiger partial charge in [-0.2, -0.15) is 0 Å². The largest absolute Gasteiger partial charge is 0.336 e. The van der Waals surface area contributed by atoms with Crippen molar-refractivity contribution in [1.82, 2.24) is 19.8 Å². The number of fused-ring (bicyclic) bond motifs is 2. The predicted molar refractivity (Wildman–Crippen MR) is 105 cm³/mol. The molecule has 1 fully saturated rings. The third-order valence-electron chi connectivity index (χ3n) is 4.65. The summed E-state index contributed by atoms with van der Waals surface area (Å²) in [6.45, 7) is 2.54. The molecule has 2 heterocycles. The number of benzene rings is 2. The SMILES string of the molecule is C[C@@H](Sc1nc2cc3ccccc3cc2c(=O)n1C)C(=O)N1CCNC1=O. The Morgan fingerprint density at radius 2 is 1.93 bits per heavy atom. The average Bonchev–Trinajstić information content (AvgIpc) is 3.10. The number of thioether (sulfide) groups is 1. The lowest BCUT2D eigenvalue weighted by molar-refractivity contribution is -0.126. The van der Waals surface area contributed by atoms with Gasteiger partial charge in [0, 0.05) is 20.1 Å². The Morgan fingerprint density at radius 3 is 2.59 bits per heavy atom. The summed E-state index contributed by atoms with van der Waals surface area (Å²) in [6.07, 6.45) is 0. The van der Waals surface area contributed by atoms with Crippen molar-refractivity contribution in [2.45, 2.75) is 17.3 Å². The summed E-state index contributed by atoms with van der Waals surface area (Å²) in [4.78, 5) is 42.8. The Morgan fingerprint density at radius 1 is 1.22 bits per heavy atom. The van der Waals surface area contributed by atoms with Gasteiger partial charge in [0.15, 0.2) is 5.16 Å². The second kappa shape index (κ2) is 6.70. The van der Waals surface area contributed by atoms with Gasteiger partial charge in [0.25, 0.3) is 5.56 Å². The van der Waals surface area contributed by atoms with Gasteiger partial charge >= 0.3 is 6.03 Å². The highest BCUT2D eigenvalue weighted by Crippen LogP contribution is 2.25. The molecule has 1 aromatic heterocycles. The summed E-state index contributed by atoms with van der Waals surface area (Å²) in [5, 5.41) is 5.05. The average molecular weight is 382 g/mol. The van der Waals surface area contributed by atoms with Crippen molar-refractivity contribution in [3.8, 4) is 0 Å². The van der Waals surface area contributed by atoms with Crippen molar-refractivity contribution >= 4 is 45.4 Å². The molecule has 0 spiro atoms. The molecular formula is C19H18N4O3S. The van der Waals surface area contributed by atoms with E-state index in [4.69, 9.17) is 0 Å². The Balaban J connectivity index is 1.72. The second-order valence-electron chi connectivity index (χ2n) is 6.46. The van der Waals surface area contributed by atoms with E-state index in [2.05, 4.69) is 10.3 Å². The maximum atomic E-state index is 12.8. The lowest BCUT2D eigenvalue weighted by Crippen LogP contribution is -2.39. The number of urea groups is 1. The van der Waals surface area contributed by atoms with E-state index in [0.717, 1.165) is 10.8 Å². The van der Waals surface area contributed by atoms with Crippen LogP contribution in [0.1, 0.15) is 6.92 Å². The Kier molecular flexibility index (Phi) is 4.35. The molecule has 1 N–H and O–H groups in total. The number of rotatable bonds is 3. The van der Waals surface area contributed by atoms with Gasteiger partial charge in [-0.05, 0) is 29.8 Å². The fourth-order valence-electron chi connectivity index (χ4n) is 3.15. The van der Waals surface area contributed by atoms with Gasteiger partial charge in [-0.3, -0.25) is 19.1 Å². The highest BCUT2D eigenvalue weighted by atomic mass is 32.2. The highest BCUT2D eigenvalue weighted by molar-refractivity contribution is 8.00. The van der Waals surface area contributed by atoms with Crippen molar-refractivity contribution in [3.05, 3.63) is 46.8 Å². The smallest absolute Gasteiger partial charge is 0.324 e. The molecule has 2 aromatic carbocycles. The molecule has 4 rings (SSSR count). The van der Waals surface area contributed by atoms with Gasteiger partial charge in [0.05, 0.1) is 16.2 Å². The lowest BCUT2D eigenvalue weighted by Gasteiger charge is -2.18. The van der Waals surface area contributed by atoms with Crippen LogP contribution in [0.2, 0.25) is 0 Å². The Hall–Kier alpha value is -2.87. The van der Waals surface area contributed by atoms with Crippen LogP contribution in [-0.2, 0) is 11.8 Å². The monoisotopic (exact) mass is 382 g/mol. The molecule has 3 amide bonds. The van der Waals surface area contributed by atoms with Gasteiger partial charge < -0.3 is 5.32 Å². The number of carbonyl (C=O) groups excluding carboxylic acids is 2. The molecule has 1 saturated heterocycles. The van der Waals surface area contributed by atoms with Crippen molar-refractivity contribution in [3.63, 3.8) is 0 Å². The van der Waals surface area contributed by atoms with E-state index in [9.17, 15) is 14.4 Å². The molecule has 8 heteroatoms. The Bertz CT molecular complexity index is 1140. The first-order valence-electron chi connectivity index (χ1n) is 8.61. The summed E-state index contributed by atoms with van der Waals surface area (Å²) in [5.41, 5.74) is 0.435. The van der Waals surface area contributed by atoms with Crippen LogP contribution in [-0.4, -0.2) is 44.7 Å². The lowest BCUT2D eigenvalue weighted by atomic mass is 10.1. The van der Waals surface area contributed by atoms with Crippen LogP contribution in [0, 0.1) is 0 Å². The van der Waals surface area contributed by atoms with Gasteiger partial charge in [-0.15, -0.1) is 0 Å². The molecule has 138 valence electrons. The molecular weight excluding hydrogens is 364 g/mol. The van der Waals surface area contributed by atoms with Crippen LogP contribution >= 0.6 is 11.8 Å². The zero-order valence-electron chi connectivity index (χ0n) is 14.9. The van der Waals surface area contributed by atoms with Gasteiger partial charge in [0.1, 0.15) is 0 Å².